The molecule has 0 saturated heterocycles. The quantitative estimate of drug-likeness (QED) is 0.720. The summed E-state index contributed by atoms with van der Waals surface area (Å²) < 4.78 is 4.97. The number of carbonyl (C=O) groups is 2. The third kappa shape index (κ3) is 4.20. The molecule has 1 amide bonds. The molecule has 0 spiro atoms. The lowest BCUT2D eigenvalue weighted by molar-refractivity contribution is -0.153. The second-order valence-corrected chi connectivity index (χ2v) is 6.08. The molecule has 0 aliphatic heterocycles. The van der Waals surface area contributed by atoms with Crippen molar-refractivity contribution < 1.29 is 14.3 Å². The zero-order valence-corrected chi connectivity index (χ0v) is 13.0. The average molecular weight is 284 g/mol. The Morgan fingerprint density at radius 3 is 2.35 bits per heavy atom. The van der Waals surface area contributed by atoms with Crippen molar-refractivity contribution in [3.05, 3.63) is 0 Å². The highest BCUT2D eigenvalue weighted by molar-refractivity contribution is 5.86. The van der Waals surface area contributed by atoms with E-state index in [0.717, 1.165) is 25.7 Å². The Labute approximate surface area is 121 Å². The molecular weight excluding hydrogens is 256 g/mol. The van der Waals surface area contributed by atoms with Crippen molar-refractivity contribution in [2.45, 2.75) is 46.5 Å². The van der Waals surface area contributed by atoms with Crippen molar-refractivity contribution in [2.75, 3.05) is 26.2 Å². The molecule has 0 aromatic carbocycles. The SMILES string of the molecule is CCOC(=O)CN(CC(C)C)C(=O)C1(CN)CCCC1. The average Bonchev–Trinajstić information content (AvgIpc) is 2.86. The molecule has 0 unspecified atom stereocenters. The van der Waals surface area contributed by atoms with Crippen LogP contribution in [0.3, 0.4) is 0 Å². The van der Waals surface area contributed by atoms with Gasteiger partial charge in [0.05, 0.1) is 12.0 Å². The summed E-state index contributed by atoms with van der Waals surface area (Å²) in [7, 11) is 0. The molecular formula is C15H28N2O3. The van der Waals surface area contributed by atoms with Crippen LogP contribution >= 0.6 is 0 Å². The maximum absolute atomic E-state index is 12.8. The molecule has 1 fully saturated rings. The molecule has 0 atom stereocenters. The van der Waals surface area contributed by atoms with Gasteiger partial charge in [-0.05, 0) is 25.7 Å². The molecule has 2 N–H and O–H groups in total. The molecule has 1 aliphatic rings. The molecule has 0 radical (unpaired) electrons. The summed E-state index contributed by atoms with van der Waals surface area (Å²) in [5.74, 6) is -0.00414. The van der Waals surface area contributed by atoms with E-state index in [1.54, 1.807) is 11.8 Å². The smallest absolute Gasteiger partial charge is 0.325 e. The monoisotopic (exact) mass is 284 g/mol. The summed E-state index contributed by atoms with van der Waals surface area (Å²) in [6, 6.07) is 0. The number of nitrogens with two attached hydrogens (primary N) is 1. The summed E-state index contributed by atoms with van der Waals surface area (Å²) in [5, 5.41) is 0. The van der Waals surface area contributed by atoms with Gasteiger partial charge >= 0.3 is 5.97 Å². The van der Waals surface area contributed by atoms with Crippen LogP contribution in [0.5, 0.6) is 0 Å². The third-order valence-corrected chi connectivity index (χ3v) is 3.90. The van der Waals surface area contributed by atoms with Crippen LogP contribution in [0.2, 0.25) is 0 Å². The van der Waals surface area contributed by atoms with Gasteiger partial charge in [0.1, 0.15) is 6.54 Å². The van der Waals surface area contributed by atoms with Crippen LogP contribution in [0, 0.1) is 11.3 Å². The zero-order valence-electron chi connectivity index (χ0n) is 13.0. The minimum Gasteiger partial charge on any atom is -0.465 e. The summed E-state index contributed by atoms with van der Waals surface area (Å²) in [6.45, 7) is 7.15. The minimum atomic E-state index is -0.457. The first kappa shape index (κ1) is 17.0. The summed E-state index contributed by atoms with van der Waals surface area (Å²) in [5.41, 5.74) is 5.41. The maximum Gasteiger partial charge on any atom is 0.325 e. The van der Waals surface area contributed by atoms with Crippen molar-refractivity contribution in [2.24, 2.45) is 17.1 Å². The molecule has 0 aromatic rings. The van der Waals surface area contributed by atoms with Gasteiger partial charge in [-0.2, -0.15) is 0 Å². The molecule has 5 heteroatoms. The predicted molar refractivity (Wildman–Crippen MR) is 78.0 cm³/mol. The standard InChI is InChI=1S/C15H28N2O3/c1-4-20-13(18)10-17(9-12(2)3)14(19)15(11-16)7-5-6-8-15/h12H,4-11,16H2,1-3H3. The van der Waals surface area contributed by atoms with Gasteiger partial charge < -0.3 is 15.4 Å². The van der Waals surface area contributed by atoms with Crippen molar-refractivity contribution in [3.8, 4) is 0 Å². The van der Waals surface area contributed by atoms with Crippen LogP contribution in [0.15, 0.2) is 0 Å². The van der Waals surface area contributed by atoms with Crippen LogP contribution < -0.4 is 5.73 Å². The van der Waals surface area contributed by atoms with Gasteiger partial charge in [-0.15, -0.1) is 0 Å². The summed E-state index contributed by atoms with van der Waals surface area (Å²) in [6.07, 6.45) is 3.75. The Bertz CT molecular complexity index is 336. The zero-order chi connectivity index (χ0) is 15.2. The van der Waals surface area contributed by atoms with E-state index >= 15 is 0 Å². The van der Waals surface area contributed by atoms with Crippen molar-refractivity contribution >= 4 is 11.9 Å². The van der Waals surface area contributed by atoms with Gasteiger partial charge in [0.25, 0.3) is 0 Å². The molecule has 20 heavy (non-hydrogen) atoms. The first-order valence-corrected chi connectivity index (χ1v) is 7.60. The van der Waals surface area contributed by atoms with E-state index in [1.165, 1.54) is 0 Å². The number of nitrogens with zero attached hydrogens (tertiary/aromatic N) is 1. The van der Waals surface area contributed by atoms with Crippen LogP contribution in [0.1, 0.15) is 46.5 Å². The maximum atomic E-state index is 12.8. The number of hydrogen-bond donors (Lipinski definition) is 1. The van der Waals surface area contributed by atoms with Crippen molar-refractivity contribution in [3.63, 3.8) is 0 Å². The highest BCUT2D eigenvalue weighted by Crippen LogP contribution is 2.38. The number of carbonyl (C=O) groups excluding carboxylic acids is 2. The van der Waals surface area contributed by atoms with Gasteiger partial charge in [0.15, 0.2) is 0 Å². The number of hydrogen-bond acceptors (Lipinski definition) is 4. The summed E-state index contributed by atoms with van der Waals surface area (Å²) in [4.78, 5) is 26.2. The first-order chi connectivity index (χ1) is 9.45. The molecule has 5 nitrogen and oxygen atoms in total. The lowest BCUT2D eigenvalue weighted by atomic mass is 9.84. The van der Waals surface area contributed by atoms with Crippen LogP contribution in [0.4, 0.5) is 0 Å². The van der Waals surface area contributed by atoms with Gasteiger partial charge in [-0.25, -0.2) is 0 Å². The number of rotatable bonds is 7. The number of ether oxygens (including phenoxy) is 1. The van der Waals surface area contributed by atoms with Gasteiger partial charge in [-0.3, -0.25) is 9.59 Å². The van der Waals surface area contributed by atoms with E-state index < -0.39 is 5.41 Å². The van der Waals surface area contributed by atoms with Gasteiger partial charge in [-0.1, -0.05) is 26.7 Å². The Kier molecular flexibility index (Phi) is 6.46. The van der Waals surface area contributed by atoms with Crippen LogP contribution in [-0.2, 0) is 14.3 Å². The van der Waals surface area contributed by atoms with Crippen molar-refractivity contribution in [1.82, 2.24) is 4.90 Å². The molecule has 1 saturated carbocycles. The first-order valence-electron chi connectivity index (χ1n) is 7.60. The Balaban J connectivity index is 2.80. The summed E-state index contributed by atoms with van der Waals surface area (Å²) >= 11 is 0. The van der Waals surface area contributed by atoms with Gasteiger partial charge in [0.2, 0.25) is 5.91 Å². The fourth-order valence-electron chi connectivity index (χ4n) is 2.91. The largest absolute Gasteiger partial charge is 0.465 e. The van der Waals surface area contributed by atoms with Gasteiger partial charge in [0, 0.05) is 13.1 Å². The molecule has 1 aliphatic carbocycles. The normalized spacial score (nSPS) is 17.2. The van der Waals surface area contributed by atoms with E-state index in [0.29, 0.717) is 25.6 Å². The topological polar surface area (TPSA) is 72.6 Å². The fourth-order valence-corrected chi connectivity index (χ4v) is 2.91. The Morgan fingerprint density at radius 1 is 1.30 bits per heavy atom. The highest BCUT2D eigenvalue weighted by atomic mass is 16.5. The van der Waals surface area contributed by atoms with E-state index in [4.69, 9.17) is 10.5 Å². The van der Waals surface area contributed by atoms with Crippen molar-refractivity contribution in [1.29, 1.82) is 0 Å². The second kappa shape index (κ2) is 7.62. The van der Waals surface area contributed by atoms with E-state index in [1.807, 2.05) is 13.8 Å². The lowest BCUT2D eigenvalue weighted by Gasteiger charge is -2.34. The third-order valence-electron chi connectivity index (χ3n) is 3.90. The Morgan fingerprint density at radius 2 is 1.90 bits per heavy atom. The predicted octanol–water partition coefficient (Wildman–Crippen LogP) is 1.55. The number of amides is 1. The van der Waals surface area contributed by atoms with Crippen LogP contribution in [-0.4, -0.2) is 43.0 Å². The van der Waals surface area contributed by atoms with Crippen LogP contribution in [0.25, 0.3) is 0 Å². The number of esters is 1. The van der Waals surface area contributed by atoms with E-state index in [2.05, 4.69) is 0 Å². The lowest BCUT2D eigenvalue weighted by Crippen LogP contribution is -2.49. The van der Waals surface area contributed by atoms with E-state index in [9.17, 15) is 9.59 Å². The van der Waals surface area contributed by atoms with E-state index in [-0.39, 0.29) is 18.4 Å². The minimum absolute atomic E-state index is 0.0271. The second-order valence-electron chi connectivity index (χ2n) is 6.08. The highest BCUT2D eigenvalue weighted by Gasteiger charge is 2.42. The molecule has 0 aromatic heterocycles. The molecule has 1 rings (SSSR count). The fraction of sp³-hybridized carbons (Fsp3) is 0.867. The Hall–Kier alpha value is -1.10. The molecule has 0 bridgehead atoms. The molecule has 0 heterocycles. The molecule has 116 valence electrons.